The van der Waals surface area contributed by atoms with E-state index in [2.05, 4.69) is 44.1 Å². The Morgan fingerprint density at radius 2 is 2.16 bits per heavy atom. The molecule has 3 heteroatoms. The predicted octanol–water partition coefficient (Wildman–Crippen LogP) is 1.12. The number of rotatable bonds is 2. The third kappa shape index (κ3) is 1.80. The van der Waals surface area contributed by atoms with Gasteiger partial charge in [-0.05, 0) is 36.6 Å². The first kappa shape index (κ1) is 12.4. The quantitative estimate of drug-likeness (QED) is 0.861. The van der Waals surface area contributed by atoms with Crippen LogP contribution in [0.4, 0.5) is 0 Å². The summed E-state index contributed by atoms with van der Waals surface area (Å²) in [4.78, 5) is 0. The number of nitrogens with zero attached hydrogens (tertiary/aromatic N) is 2. The lowest BCUT2D eigenvalue weighted by atomic mass is 9.75. The van der Waals surface area contributed by atoms with Gasteiger partial charge in [-0.15, -0.1) is 0 Å². The summed E-state index contributed by atoms with van der Waals surface area (Å²) in [5.74, 6) is 0. The molecule has 0 unspecified atom stereocenters. The summed E-state index contributed by atoms with van der Waals surface area (Å²) < 4.78 is 1.90. The van der Waals surface area contributed by atoms with E-state index in [1.165, 1.54) is 21.9 Å². The molecule has 2 aliphatic carbocycles. The third-order valence-electron chi connectivity index (χ3n) is 3.96. The maximum absolute atomic E-state index is 9.56. The van der Waals surface area contributed by atoms with E-state index < -0.39 is 0 Å². The Labute approximate surface area is 113 Å². The number of aliphatic hydroxyl groups is 1. The van der Waals surface area contributed by atoms with Crippen LogP contribution in [-0.2, 0) is 6.54 Å². The molecule has 100 valence electrons. The highest BCUT2D eigenvalue weighted by molar-refractivity contribution is 5.88. The van der Waals surface area contributed by atoms with Gasteiger partial charge in [0.15, 0.2) is 0 Å². The van der Waals surface area contributed by atoms with Crippen LogP contribution in [0.1, 0.15) is 27.7 Å². The highest BCUT2D eigenvalue weighted by Crippen LogP contribution is 2.40. The van der Waals surface area contributed by atoms with Crippen LogP contribution in [0.5, 0.6) is 0 Å². The van der Waals surface area contributed by atoms with E-state index in [0.717, 1.165) is 5.35 Å². The van der Waals surface area contributed by atoms with E-state index in [1.807, 2.05) is 10.9 Å². The molecule has 1 atom stereocenters. The molecule has 3 nitrogen and oxygen atoms in total. The summed E-state index contributed by atoms with van der Waals surface area (Å²) in [5, 5.41) is 16.3. The molecule has 1 N–H and O–H groups in total. The average Bonchev–Trinajstić information content (AvgIpc) is 2.84. The van der Waals surface area contributed by atoms with Crippen molar-refractivity contribution in [2.45, 2.75) is 40.3 Å². The van der Waals surface area contributed by atoms with Gasteiger partial charge >= 0.3 is 0 Å². The summed E-state index contributed by atoms with van der Waals surface area (Å²) in [6, 6.07) is 0. The van der Waals surface area contributed by atoms with Crippen molar-refractivity contribution in [2.24, 2.45) is 5.41 Å². The Kier molecular flexibility index (Phi) is 2.58. The lowest BCUT2D eigenvalue weighted by molar-refractivity contribution is 0.167. The maximum Gasteiger partial charge on any atom is 0.0708 e. The first-order valence-corrected chi connectivity index (χ1v) is 6.77. The average molecular weight is 256 g/mol. The number of fused-ring (bicyclic) bond motifs is 2. The summed E-state index contributed by atoms with van der Waals surface area (Å²) >= 11 is 0. The second-order valence-electron chi connectivity index (χ2n) is 6.15. The second kappa shape index (κ2) is 3.94. The van der Waals surface area contributed by atoms with E-state index in [-0.39, 0.29) is 11.5 Å². The Morgan fingerprint density at radius 1 is 1.42 bits per heavy atom. The van der Waals surface area contributed by atoms with Gasteiger partial charge in [-0.3, -0.25) is 4.68 Å². The molecule has 0 aromatic carbocycles. The Balaban J connectivity index is 2.28. The molecule has 0 radical (unpaired) electrons. The first-order valence-electron chi connectivity index (χ1n) is 6.77. The van der Waals surface area contributed by atoms with E-state index in [0.29, 0.717) is 6.54 Å². The van der Waals surface area contributed by atoms with E-state index in [1.54, 1.807) is 6.92 Å². The number of aliphatic hydroxyl groups excluding tert-OH is 1. The van der Waals surface area contributed by atoms with Crippen LogP contribution < -0.4 is 10.6 Å². The highest BCUT2D eigenvalue weighted by Gasteiger charge is 2.30. The number of hydrogen-bond donors (Lipinski definition) is 1. The minimum atomic E-state index is -0.383. The fraction of sp³-hybridized carbons (Fsp3) is 0.438. The van der Waals surface area contributed by atoms with E-state index in [4.69, 9.17) is 0 Å². The predicted molar refractivity (Wildman–Crippen MR) is 76.7 cm³/mol. The van der Waals surface area contributed by atoms with Crippen molar-refractivity contribution in [1.29, 1.82) is 0 Å². The zero-order valence-electron chi connectivity index (χ0n) is 11.9. The smallest absolute Gasteiger partial charge is 0.0708 e. The van der Waals surface area contributed by atoms with Crippen molar-refractivity contribution in [3.05, 3.63) is 40.1 Å². The molecular formula is C16H20N2O. The van der Waals surface area contributed by atoms with Crippen LogP contribution in [-0.4, -0.2) is 21.0 Å². The monoisotopic (exact) mass is 256 g/mol. The summed E-state index contributed by atoms with van der Waals surface area (Å²) in [5.41, 5.74) is 4.02. The van der Waals surface area contributed by atoms with Crippen molar-refractivity contribution in [3.8, 4) is 0 Å². The molecular weight excluding hydrogens is 236 g/mol. The Hall–Kier alpha value is -1.61. The molecule has 19 heavy (non-hydrogen) atoms. The molecule has 0 saturated heterocycles. The van der Waals surface area contributed by atoms with Crippen molar-refractivity contribution < 1.29 is 5.11 Å². The van der Waals surface area contributed by atoms with Crippen LogP contribution in [0, 0.1) is 5.41 Å². The topological polar surface area (TPSA) is 38.0 Å². The van der Waals surface area contributed by atoms with Crippen LogP contribution in [0.2, 0.25) is 0 Å². The fourth-order valence-electron chi connectivity index (χ4n) is 3.00. The highest BCUT2D eigenvalue weighted by atomic mass is 16.3. The molecule has 1 heterocycles. The lowest BCUT2D eigenvalue weighted by Gasteiger charge is -2.28. The van der Waals surface area contributed by atoms with Crippen molar-refractivity contribution in [1.82, 2.24) is 9.78 Å². The molecule has 1 aromatic rings. The summed E-state index contributed by atoms with van der Waals surface area (Å²) in [7, 11) is 0. The van der Waals surface area contributed by atoms with Gasteiger partial charge in [0.25, 0.3) is 0 Å². The second-order valence-corrected chi connectivity index (χ2v) is 6.15. The van der Waals surface area contributed by atoms with Gasteiger partial charge in [0.2, 0.25) is 0 Å². The number of allylic oxidation sites excluding steroid dienone is 4. The Bertz CT molecular complexity index is 714. The zero-order valence-corrected chi connectivity index (χ0v) is 11.9. The van der Waals surface area contributed by atoms with Crippen LogP contribution in [0.3, 0.4) is 0 Å². The van der Waals surface area contributed by atoms with Gasteiger partial charge in [-0.25, -0.2) is 0 Å². The minimum absolute atomic E-state index is 0.0370. The van der Waals surface area contributed by atoms with Crippen LogP contribution >= 0.6 is 0 Å². The van der Waals surface area contributed by atoms with E-state index >= 15 is 0 Å². The fourth-order valence-corrected chi connectivity index (χ4v) is 3.00. The summed E-state index contributed by atoms with van der Waals surface area (Å²) in [6.07, 6.45) is 8.22. The van der Waals surface area contributed by atoms with Crippen molar-refractivity contribution in [2.75, 3.05) is 0 Å². The van der Waals surface area contributed by atoms with Gasteiger partial charge < -0.3 is 5.11 Å². The van der Waals surface area contributed by atoms with Crippen LogP contribution in [0.25, 0.3) is 11.6 Å². The molecule has 1 aromatic heterocycles. The molecule has 0 fully saturated rings. The lowest BCUT2D eigenvalue weighted by Crippen LogP contribution is -2.32. The standard InChI is InChI=1S/C16H20N2O/c1-10-5-6-16(3,4)15-12(10)7-14-13(15)8-17-18(14)9-11(2)19/h5-8,11,19H,9H2,1-4H3/t11-/m0/s1. The largest absolute Gasteiger partial charge is 0.391 e. The van der Waals surface area contributed by atoms with Gasteiger partial charge in [-0.2, -0.15) is 5.10 Å². The molecule has 0 saturated carbocycles. The SMILES string of the molecule is CC1=C2C=c3c(cnn3C[C@H](C)O)=C2C(C)(C)C=C1. The first-order chi connectivity index (χ1) is 8.90. The van der Waals surface area contributed by atoms with Gasteiger partial charge in [-0.1, -0.05) is 26.0 Å². The third-order valence-corrected chi connectivity index (χ3v) is 3.96. The maximum atomic E-state index is 9.56. The Morgan fingerprint density at radius 3 is 2.84 bits per heavy atom. The zero-order chi connectivity index (χ0) is 13.8. The van der Waals surface area contributed by atoms with Gasteiger partial charge in [0, 0.05) is 10.6 Å². The van der Waals surface area contributed by atoms with Gasteiger partial charge in [0.1, 0.15) is 0 Å². The molecule has 0 spiro atoms. The van der Waals surface area contributed by atoms with E-state index in [9.17, 15) is 5.11 Å². The minimum Gasteiger partial charge on any atom is -0.391 e. The molecule has 0 amide bonds. The number of hydrogen-bond acceptors (Lipinski definition) is 2. The number of aromatic nitrogens is 2. The summed E-state index contributed by atoms with van der Waals surface area (Å²) in [6.45, 7) is 8.95. The molecule has 0 bridgehead atoms. The van der Waals surface area contributed by atoms with Crippen molar-refractivity contribution in [3.63, 3.8) is 0 Å². The van der Waals surface area contributed by atoms with Gasteiger partial charge in [0.05, 0.1) is 24.2 Å². The molecule has 3 rings (SSSR count). The van der Waals surface area contributed by atoms with Crippen LogP contribution in [0.15, 0.2) is 29.5 Å². The molecule has 0 aliphatic heterocycles. The normalized spacial score (nSPS) is 21.2. The molecule has 2 aliphatic rings. The van der Waals surface area contributed by atoms with Crippen molar-refractivity contribution >= 4 is 11.6 Å².